The average molecular weight is 285 g/mol. The van der Waals surface area contributed by atoms with E-state index in [0.29, 0.717) is 12.0 Å². The number of aliphatic hydroxyl groups is 1. The van der Waals surface area contributed by atoms with Crippen molar-refractivity contribution in [3.05, 3.63) is 53.6 Å². The Hall–Kier alpha value is -2.78. The second kappa shape index (κ2) is 7.12. The molecule has 1 aromatic carbocycles. The molecule has 0 radical (unpaired) electrons. The molecule has 0 spiro atoms. The molecule has 1 amide bonds. The molecule has 0 aliphatic rings. The number of hydrogen-bond donors (Lipinski definition) is 2. The number of anilines is 1. The van der Waals surface area contributed by atoms with E-state index in [1.807, 2.05) is 0 Å². The molecule has 0 aliphatic carbocycles. The van der Waals surface area contributed by atoms with E-state index < -0.39 is 11.7 Å². The van der Waals surface area contributed by atoms with Crippen LogP contribution in [0.2, 0.25) is 0 Å². The van der Waals surface area contributed by atoms with E-state index in [0.717, 1.165) is 0 Å². The lowest BCUT2D eigenvalue weighted by Gasteiger charge is -2.06. The van der Waals surface area contributed by atoms with Crippen LogP contribution in [0.1, 0.15) is 22.3 Å². The number of hydrogen-bond acceptors (Lipinski definition) is 4. The zero-order valence-corrected chi connectivity index (χ0v) is 11.0. The molecule has 0 unspecified atom stereocenters. The third kappa shape index (κ3) is 4.09. The molecule has 6 heteroatoms. The summed E-state index contributed by atoms with van der Waals surface area (Å²) in [5.41, 5.74) is 0.824. The van der Waals surface area contributed by atoms with Gasteiger partial charge in [0.05, 0.1) is 30.3 Å². The van der Waals surface area contributed by atoms with Crippen LogP contribution in [0.5, 0.6) is 0 Å². The second-order valence-electron chi connectivity index (χ2n) is 4.06. The molecule has 0 bridgehead atoms. The van der Waals surface area contributed by atoms with Gasteiger partial charge in [-0.1, -0.05) is 11.8 Å². The Morgan fingerprint density at radius 2 is 2.19 bits per heavy atom. The Labute approximate surface area is 120 Å². The van der Waals surface area contributed by atoms with E-state index in [-0.39, 0.29) is 17.9 Å². The number of halogens is 1. The van der Waals surface area contributed by atoms with Crippen LogP contribution >= 0.6 is 0 Å². The predicted octanol–water partition coefficient (Wildman–Crippen LogP) is 1.60. The summed E-state index contributed by atoms with van der Waals surface area (Å²) in [5.74, 6) is 4.36. The maximum atomic E-state index is 13.9. The van der Waals surface area contributed by atoms with Crippen LogP contribution in [0, 0.1) is 17.7 Å². The molecular formula is C15H12FN3O2. The second-order valence-corrected chi connectivity index (χ2v) is 4.06. The first kappa shape index (κ1) is 14.6. The van der Waals surface area contributed by atoms with Crippen LogP contribution in [-0.2, 0) is 0 Å². The van der Waals surface area contributed by atoms with Crippen molar-refractivity contribution >= 4 is 11.6 Å². The highest BCUT2D eigenvalue weighted by molar-refractivity contribution is 6.04. The highest BCUT2D eigenvalue weighted by Crippen LogP contribution is 2.16. The van der Waals surface area contributed by atoms with Gasteiger partial charge in [0.1, 0.15) is 5.82 Å². The molecule has 0 saturated heterocycles. The van der Waals surface area contributed by atoms with Crippen LogP contribution in [0.15, 0.2) is 36.7 Å². The predicted molar refractivity (Wildman–Crippen MR) is 75.0 cm³/mol. The number of carbonyl (C=O) groups is 1. The van der Waals surface area contributed by atoms with Gasteiger partial charge in [0, 0.05) is 12.0 Å². The van der Waals surface area contributed by atoms with Crippen molar-refractivity contribution < 1.29 is 14.3 Å². The molecule has 0 atom stereocenters. The summed E-state index contributed by atoms with van der Waals surface area (Å²) in [6.07, 6.45) is 3.00. The first-order chi connectivity index (χ1) is 10.2. The molecule has 5 nitrogen and oxygen atoms in total. The number of rotatable bonds is 3. The highest BCUT2D eigenvalue weighted by atomic mass is 19.1. The van der Waals surface area contributed by atoms with E-state index in [9.17, 15) is 9.18 Å². The van der Waals surface area contributed by atoms with Crippen molar-refractivity contribution in [2.75, 3.05) is 11.9 Å². The van der Waals surface area contributed by atoms with E-state index in [4.69, 9.17) is 5.11 Å². The number of carbonyl (C=O) groups excluding carboxylic acids is 1. The highest BCUT2D eigenvalue weighted by Gasteiger charge is 2.09. The molecule has 21 heavy (non-hydrogen) atoms. The van der Waals surface area contributed by atoms with E-state index >= 15 is 0 Å². The van der Waals surface area contributed by atoms with Gasteiger partial charge < -0.3 is 10.4 Å². The smallest absolute Gasteiger partial charge is 0.257 e. The topological polar surface area (TPSA) is 75.1 Å². The van der Waals surface area contributed by atoms with Gasteiger partial charge in [0.2, 0.25) is 0 Å². The largest absolute Gasteiger partial charge is 0.395 e. The summed E-state index contributed by atoms with van der Waals surface area (Å²) < 4.78 is 13.9. The van der Waals surface area contributed by atoms with Crippen molar-refractivity contribution in [1.82, 2.24) is 10.2 Å². The van der Waals surface area contributed by atoms with Crippen molar-refractivity contribution in [2.45, 2.75) is 6.42 Å². The average Bonchev–Trinajstić information content (AvgIpc) is 2.51. The lowest BCUT2D eigenvalue weighted by molar-refractivity contribution is 0.102. The number of aromatic nitrogens is 2. The molecule has 0 fully saturated rings. The van der Waals surface area contributed by atoms with Crippen molar-refractivity contribution in [3.8, 4) is 11.8 Å². The Morgan fingerprint density at radius 3 is 2.86 bits per heavy atom. The number of aliphatic hydroxyl groups excluding tert-OH is 1. The normalized spacial score (nSPS) is 9.62. The minimum Gasteiger partial charge on any atom is -0.395 e. The zero-order valence-electron chi connectivity index (χ0n) is 11.0. The van der Waals surface area contributed by atoms with Crippen LogP contribution < -0.4 is 5.32 Å². The van der Waals surface area contributed by atoms with Gasteiger partial charge in [-0.15, -0.1) is 0 Å². The van der Waals surface area contributed by atoms with Gasteiger partial charge in [-0.2, -0.15) is 10.2 Å². The maximum absolute atomic E-state index is 13.9. The van der Waals surface area contributed by atoms with Crippen LogP contribution in [-0.4, -0.2) is 27.8 Å². The lowest BCUT2D eigenvalue weighted by Crippen LogP contribution is -2.13. The van der Waals surface area contributed by atoms with E-state index in [1.54, 1.807) is 6.07 Å². The molecule has 2 N–H and O–H groups in total. The first-order valence-corrected chi connectivity index (χ1v) is 6.18. The minimum absolute atomic E-state index is 0.0381. The third-order valence-corrected chi connectivity index (χ3v) is 2.53. The number of amides is 1. The summed E-state index contributed by atoms with van der Waals surface area (Å²) >= 11 is 0. The molecule has 1 heterocycles. The van der Waals surface area contributed by atoms with Gasteiger partial charge in [-0.05, 0) is 24.3 Å². The van der Waals surface area contributed by atoms with Gasteiger partial charge in [-0.3, -0.25) is 4.79 Å². The van der Waals surface area contributed by atoms with Gasteiger partial charge in [-0.25, -0.2) is 4.39 Å². The van der Waals surface area contributed by atoms with E-state index in [1.165, 1.54) is 30.6 Å². The molecular weight excluding hydrogens is 273 g/mol. The Balaban J connectivity index is 2.12. The molecule has 0 saturated carbocycles. The zero-order chi connectivity index (χ0) is 15.1. The molecule has 2 rings (SSSR count). The van der Waals surface area contributed by atoms with Crippen molar-refractivity contribution in [2.24, 2.45) is 0 Å². The van der Waals surface area contributed by atoms with Crippen LogP contribution in [0.4, 0.5) is 10.1 Å². The van der Waals surface area contributed by atoms with Gasteiger partial charge in [0.25, 0.3) is 5.91 Å². The Kier molecular flexibility index (Phi) is 4.96. The summed E-state index contributed by atoms with van der Waals surface area (Å²) in [4.78, 5) is 11.9. The lowest BCUT2D eigenvalue weighted by atomic mass is 10.2. The van der Waals surface area contributed by atoms with Gasteiger partial charge in [0.15, 0.2) is 0 Å². The minimum atomic E-state index is -0.582. The SMILES string of the molecule is O=C(Nc1ccc(C#CCCO)cc1F)c1ccnnc1. The standard InChI is InChI=1S/C15H12FN3O2/c16-13-9-11(3-1-2-8-20)4-5-14(13)19-15(21)12-6-7-17-18-10-12/h4-7,9-10,20H,2,8H2,(H,19,21). The molecule has 0 aliphatic heterocycles. The summed E-state index contributed by atoms with van der Waals surface area (Å²) in [5, 5.41) is 18.2. The molecule has 106 valence electrons. The quantitative estimate of drug-likeness (QED) is 0.840. The van der Waals surface area contributed by atoms with Crippen molar-refractivity contribution in [1.29, 1.82) is 0 Å². The number of nitrogens with one attached hydrogen (secondary N) is 1. The molecule has 1 aromatic heterocycles. The Bertz CT molecular complexity index is 693. The fraction of sp³-hybridized carbons (Fsp3) is 0.133. The number of nitrogens with zero attached hydrogens (tertiary/aromatic N) is 2. The van der Waals surface area contributed by atoms with Crippen molar-refractivity contribution in [3.63, 3.8) is 0 Å². The molecule has 2 aromatic rings. The fourth-order valence-corrected chi connectivity index (χ4v) is 1.53. The summed E-state index contributed by atoms with van der Waals surface area (Å²) in [6.45, 7) is -0.0381. The summed E-state index contributed by atoms with van der Waals surface area (Å²) in [6, 6.07) is 5.73. The monoisotopic (exact) mass is 285 g/mol. The number of benzene rings is 1. The van der Waals surface area contributed by atoms with Crippen LogP contribution in [0.25, 0.3) is 0 Å². The van der Waals surface area contributed by atoms with Gasteiger partial charge >= 0.3 is 0 Å². The first-order valence-electron chi connectivity index (χ1n) is 6.18. The fourth-order valence-electron chi connectivity index (χ4n) is 1.53. The Morgan fingerprint density at radius 1 is 1.33 bits per heavy atom. The van der Waals surface area contributed by atoms with E-state index in [2.05, 4.69) is 27.4 Å². The third-order valence-electron chi connectivity index (χ3n) is 2.53. The maximum Gasteiger partial charge on any atom is 0.257 e. The van der Waals surface area contributed by atoms with Crippen LogP contribution in [0.3, 0.4) is 0 Å². The summed E-state index contributed by atoms with van der Waals surface area (Å²) in [7, 11) is 0.